The van der Waals surface area contributed by atoms with Gasteiger partial charge in [0.25, 0.3) is 0 Å². The molecule has 0 aromatic heterocycles. The number of hydrogen-bond acceptors (Lipinski definition) is 2. The molecule has 0 bridgehead atoms. The van der Waals surface area contributed by atoms with Crippen LogP contribution < -0.4 is 0 Å². The Bertz CT molecular complexity index is 556. The van der Waals surface area contributed by atoms with Gasteiger partial charge in [0.05, 0.1) is 6.42 Å². The minimum atomic E-state index is -0.127. The van der Waals surface area contributed by atoms with E-state index in [0.29, 0.717) is 11.8 Å². The molecule has 2 aromatic carbocycles. The van der Waals surface area contributed by atoms with Crippen molar-refractivity contribution in [3.8, 4) is 0 Å². The van der Waals surface area contributed by atoms with Gasteiger partial charge in [0.2, 0.25) is 0 Å². The topological polar surface area (TPSA) is 34.1 Å². The molecule has 2 rings (SSSR count). The summed E-state index contributed by atoms with van der Waals surface area (Å²) < 4.78 is 0. The molecule has 80 valence electrons. The van der Waals surface area contributed by atoms with E-state index in [-0.39, 0.29) is 12.2 Å². The number of carbonyl (C=O) groups excluding carboxylic acids is 2. The third kappa shape index (κ3) is 2.01. The summed E-state index contributed by atoms with van der Waals surface area (Å²) in [7, 11) is 0. The standard InChI is InChI=1S/C14H12O2/c1-10-2-3-12-9-13(14(16)6-7-15)5-4-11(12)8-10/h2-5,7-9H,6H2,1H3. The summed E-state index contributed by atoms with van der Waals surface area (Å²) in [5.74, 6) is -0.127. The zero-order valence-electron chi connectivity index (χ0n) is 9.07. The molecule has 2 heteroatoms. The van der Waals surface area contributed by atoms with Gasteiger partial charge in [0, 0.05) is 5.56 Å². The van der Waals surface area contributed by atoms with Crippen LogP contribution in [0.15, 0.2) is 36.4 Å². The predicted octanol–water partition coefficient (Wildman–Crippen LogP) is 2.92. The van der Waals surface area contributed by atoms with Crippen LogP contribution in [0, 0.1) is 6.92 Å². The number of fused-ring (bicyclic) bond motifs is 1. The van der Waals surface area contributed by atoms with E-state index in [0.717, 1.165) is 10.8 Å². The first-order valence-electron chi connectivity index (χ1n) is 5.18. The second-order valence-electron chi connectivity index (χ2n) is 3.86. The van der Waals surface area contributed by atoms with Crippen LogP contribution in [0.1, 0.15) is 22.3 Å². The summed E-state index contributed by atoms with van der Waals surface area (Å²) in [5, 5.41) is 2.14. The predicted molar refractivity (Wildman–Crippen MR) is 63.7 cm³/mol. The lowest BCUT2D eigenvalue weighted by Gasteiger charge is -2.02. The summed E-state index contributed by atoms with van der Waals surface area (Å²) in [4.78, 5) is 21.8. The van der Waals surface area contributed by atoms with E-state index in [9.17, 15) is 9.59 Å². The molecule has 0 N–H and O–H groups in total. The second kappa shape index (κ2) is 4.27. The minimum absolute atomic E-state index is 0.0443. The lowest BCUT2D eigenvalue weighted by atomic mass is 10.0. The van der Waals surface area contributed by atoms with Crippen molar-refractivity contribution in [2.45, 2.75) is 13.3 Å². The number of hydrogen-bond donors (Lipinski definition) is 0. The molecular weight excluding hydrogens is 200 g/mol. The Morgan fingerprint density at radius 1 is 1.12 bits per heavy atom. The van der Waals surface area contributed by atoms with Gasteiger partial charge in [0.15, 0.2) is 5.78 Å². The molecule has 0 saturated carbocycles. The van der Waals surface area contributed by atoms with E-state index < -0.39 is 0 Å². The van der Waals surface area contributed by atoms with Crippen molar-refractivity contribution in [3.05, 3.63) is 47.5 Å². The van der Waals surface area contributed by atoms with Gasteiger partial charge < -0.3 is 4.79 Å². The molecule has 2 nitrogen and oxygen atoms in total. The lowest BCUT2D eigenvalue weighted by molar-refractivity contribution is -0.107. The number of Topliss-reactive ketones (excluding diaryl/α,β-unsaturated/α-hetero) is 1. The number of rotatable bonds is 3. The molecule has 0 saturated heterocycles. The summed E-state index contributed by atoms with van der Waals surface area (Å²) in [6.45, 7) is 2.03. The first kappa shape index (κ1) is 10.6. The van der Waals surface area contributed by atoms with Crippen LogP contribution in [-0.4, -0.2) is 12.1 Å². The monoisotopic (exact) mass is 212 g/mol. The van der Waals surface area contributed by atoms with E-state index in [2.05, 4.69) is 6.07 Å². The fourth-order valence-corrected chi connectivity index (χ4v) is 1.73. The molecule has 0 fully saturated rings. The molecule has 0 atom stereocenters. The minimum Gasteiger partial charge on any atom is -0.303 e. The van der Waals surface area contributed by atoms with Gasteiger partial charge in [-0.05, 0) is 23.8 Å². The maximum Gasteiger partial charge on any atom is 0.169 e. The number of aldehydes is 1. The van der Waals surface area contributed by atoms with Gasteiger partial charge in [-0.1, -0.05) is 35.9 Å². The molecule has 0 aliphatic carbocycles. The Hall–Kier alpha value is -1.96. The SMILES string of the molecule is Cc1ccc2cc(C(=O)CC=O)ccc2c1. The Morgan fingerprint density at radius 2 is 1.81 bits per heavy atom. The van der Waals surface area contributed by atoms with Gasteiger partial charge in [-0.25, -0.2) is 0 Å². The zero-order valence-corrected chi connectivity index (χ0v) is 9.07. The van der Waals surface area contributed by atoms with E-state index in [1.165, 1.54) is 5.56 Å². The highest BCUT2D eigenvalue weighted by molar-refractivity contribution is 6.05. The van der Waals surface area contributed by atoms with E-state index >= 15 is 0 Å². The summed E-state index contributed by atoms with van der Waals surface area (Å²) in [5.41, 5.74) is 1.79. The fourth-order valence-electron chi connectivity index (χ4n) is 1.73. The van der Waals surface area contributed by atoms with E-state index in [1.54, 1.807) is 6.07 Å². The van der Waals surface area contributed by atoms with Crippen molar-refractivity contribution in [2.75, 3.05) is 0 Å². The Kier molecular flexibility index (Phi) is 2.82. The largest absolute Gasteiger partial charge is 0.303 e. The molecule has 16 heavy (non-hydrogen) atoms. The van der Waals surface area contributed by atoms with Crippen LogP contribution in [-0.2, 0) is 4.79 Å². The Balaban J connectivity index is 2.48. The van der Waals surface area contributed by atoms with E-state index in [4.69, 9.17) is 0 Å². The Labute approximate surface area is 93.9 Å². The van der Waals surface area contributed by atoms with Crippen LogP contribution >= 0.6 is 0 Å². The number of carbonyl (C=O) groups is 2. The molecule has 0 heterocycles. The first-order chi connectivity index (χ1) is 7.70. The number of ketones is 1. The highest BCUT2D eigenvalue weighted by atomic mass is 16.1. The van der Waals surface area contributed by atoms with Gasteiger partial charge in [0.1, 0.15) is 6.29 Å². The van der Waals surface area contributed by atoms with Gasteiger partial charge in [-0.15, -0.1) is 0 Å². The van der Waals surface area contributed by atoms with Crippen LogP contribution in [0.2, 0.25) is 0 Å². The first-order valence-corrected chi connectivity index (χ1v) is 5.18. The lowest BCUT2D eigenvalue weighted by Crippen LogP contribution is -1.98. The van der Waals surface area contributed by atoms with Crippen LogP contribution in [0.4, 0.5) is 0 Å². The second-order valence-corrected chi connectivity index (χ2v) is 3.86. The molecule has 0 aliphatic rings. The highest BCUT2D eigenvalue weighted by Gasteiger charge is 2.05. The third-order valence-electron chi connectivity index (χ3n) is 2.59. The van der Waals surface area contributed by atoms with Crippen molar-refractivity contribution in [1.82, 2.24) is 0 Å². The third-order valence-corrected chi connectivity index (χ3v) is 2.59. The number of benzene rings is 2. The molecule has 0 radical (unpaired) electrons. The average molecular weight is 212 g/mol. The van der Waals surface area contributed by atoms with Crippen molar-refractivity contribution < 1.29 is 9.59 Å². The maximum atomic E-state index is 11.5. The van der Waals surface area contributed by atoms with Crippen LogP contribution in [0.5, 0.6) is 0 Å². The maximum absolute atomic E-state index is 11.5. The molecule has 2 aromatic rings. The summed E-state index contributed by atoms with van der Waals surface area (Å²) >= 11 is 0. The average Bonchev–Trinajstić information content (AvgIpc) is 2.28. The molecule has 0 amide bonds. The molecular formula is C14H12O2. The number of aryl methyl sites for hydroxylation is 1. The van der Waals surface area contributed by atoms with E-state index in [1.807, 2.05) is 31.2 Å². The van der Waals surface area contributed by atoms with Crippen LogP contribution in [0.3, 0.4) is 0 Å². The summed E-state index contributed by atoms with van der Waals surface area (Å²) in [6, 6.07) is 11.6. The summed E-state index contributed by atoms with van der Waals surface area (Å²) in [6.07, 6.45) is 0.596. The smallest absolute Gasteiger partial charge is 0.169 e. The zero-order chi connectivity index (χ0) is 11.5. The Morgan fingerprint density at radius 3 is 2.56 bits per heavy atom. The highest BCUT2D eigenvalue weighted by Crippen LogP contribution is 2.18. The van der Waals surface area contributed by atoms with Crippen molar-refractivity contribution >= 4 is 22.8 Å². The van der Waals surface area contributed by atoms with Crippen molar-refractivity contribution in [2.24, 2.45) is 0 Å². The van der Waals surface area contributed by atoms with Gasteiger partial charge in [-0.2, -0.15) is 0 Å². The van der Waals surface area contributed by atoms with Gasteiger partial charge >= 0.3 is 0 Å². The molecule has 0 aliphatic heterocycles. The molecule has 0 spiro atoms. The van der Waals surface area contributed by atoms with Crippen molar-refractivity contribution in [1.29, 1.82) is 0 Å². The quantitative estimate of drug-likeness (QED) is 0.445. The molecule has 0 unspecified atom stereocenters. The van der Waals surface area contributed by atoms with Crippen molar-refractivity contribution in [3.63, 3.8) is 0 Å². The van der Waals surface area contributed by atoms with Crippen LogP contribution in [0.25, 0.3) is 10.8 Å². The van der Waals surface area contributed by atoms with Gasteiger partial charge in [-0.3, -0.25) is 4.79 Å². The normalized spacial score (nSPS) is 10.3. The fraction of sp³-hybridized carbons (Fsp3) is 0.143.